The SMILES string of the molecule is CCNC(=O)Nc1nc2cc(-c3cnc(N4CCC(C)(C(=O)O)CC4)nc3)cc(-c3ccc(CN)cn3)c2s1. The molecule has 4 heterocycles. The number of hydrogen-bond acceptors (Lipinski definition) is 9. The molecule has 12 heteroatoms. The van der Waals surface area contributed by atoms with Crippen molar-refractivity contribution in [2.45, 2.75) is 33.2 Å². The van der Waals surface area contributed by atoms with Gasteiger partial charge in [-0.3, -0.25) is 15.1 Å². The van der Waals surface area contributed by atoms with Crippen molar-refractivity contribution < 1.29 is 14.7 Å². The van der Waals surface area contributed by atoms with E-state index in [1.807, 2.05) is 36.1 Å². The summed E-state index contributed by atoms with van der Waals surface area (Å²) < 4.78 is 0.894. The number of urea groups is 1. The standard InChI is InChI=1S/C27H30N8O3S/c1-3-29-25(38)34-26-33-21-11-17(10-19(22(21)39-26)20-5-4-16(12-28)13-30-20)18-14-31-24(32-15-18)35-8-6-27(2,7-9-35)23(36)37/h4-5,10-11,13-15H,3,6-9,12,28H2,1-2H3,(H,36,37)(H2,29,33,34,38). The Balaban J connectivity index is 1.48. The Morgan fingerprint density at radius 2 is 1.85 bits per heavy atom. The molecule has 0 aliphatic carbocycles. The van der Waals surface area contributed by atoms with Gasteiger partial charge in [0, 0.05) is 55.9 Å². The van der Waals surface area contributed by atoms with E-state index in [0.717, 1.165) is 38.2 Å². The van der Waals surface area contributed by atoms with E-state index in [1.54, 1.807) is 25.5 Å². The minimum atomic E-state index is -0.761. The number of thiazole rings is 1. The number of amides is 2. The number of aromatic nitrogens is 4. The zero-order valence-electron chi connectivity index (χ0n) is 21.8. The van der Waals surface area contributed by atoms with Gasteiger partial charge in [-0.15, -0.1) is 0 Å². The molecule has 0 atom stereocenters. The quantitative estimate of drug-likeness (QED) is 0.267. The molecule has 11 nitrogen and oxygen atoms in total. The number of carboxylic acids is 1. The van der Waals surface area contributed by atoms with E-state index in [2.05, 4.69) is 30.6 Å². The van der Waals surface area contributed by atoms with Crippen LogP contribution >= 0.6 is 11.3 Å². The second-order valence-electron chi connectivity index (χ2n) is 9.76. The van der Waals surface area contributed by atoms with Crippen molar-refractivity contribution >= 4 is 44.6 Å². The molecule has 1 fully saturated rings. The Morgan fingerprint density at radius 1 is 1.10 bits per heavy atom. The van der Waals surface area contributed by atoms with E-state index >= 15 is 0 Å². The molecular weight excluding hydrogens is 516 g/mol. The highest BCUT2D eigenvalue weighted by Gasteiger charge is 2.37. The van der Waals surface area contributed by atoms with Crippen LogP contribution in [0.4, 0.5) is 15.9 Å². The highest BCUT2D eigenvalue weighted by molar-refractivity contribution is 7.22. The van der Waals surface area contributed by atoms with Crippen molar-refractivity contribution in [1.82, 2.24) is 25.3 Å². The molecule has 1 aliphatic rings. The average molecular weight is 547 g/mol. The van der Waals surface area contributed by atoms with E-state index in [4.69, 9.17) is 5.73 Å². The minimum Gasteiger partial charge on any atom is -0.481 e. The van der Waals surface area contributed by atoms with Gasteiger partial charge in [0.2, 0.25) is 5.95 Å². The summed E-state index contributed by atoms with van der Waals surface area (Å²) in [6.45, 7) is 5.73. The minimum absolute atomic E-state index is 0.311. The van der Waals surface area contributed by atoms with Crippen LogP contribution in [0, 0.1) is 5.41 Å². The molecule has 39 heavy (non-hydrogen) atoms. The van der Waals surface area contributed by atoms with E-state index in [1.165, 1.54) is 11.3 Å². The molecule has 5 N–H and O–H groups in total. The molecule has 1 aliphatic heterocycles. The number of rotatable bonds is 7. The average Bonchev–Trinajstić information content (AvgIpc) is 3.35. The second-order valence-corrected chi connectivity index (χ2v) is 10.8. The van der Waals surface area contributed by atoms with E-state index in [9.17, 15) is 14.7 Å². The molecule has 3 aromatic heterocycles. The monoisotopic (exact) mass is 546 g/mol. The molecule has 0 bridgehead atoms. The van der Waals surface area contributed by atoms with Crippen molar-refractivity contribution in [1.29, 1.82) is 0 Å². The van der Waals surface area contributed by atoms with Gasteiger partial charge in [-0.2, -0.15) is 0 Å². The van der Waals surface area contributed by atoms with Crippen LogP contribution in [0.1, 0.15) is 32.3 Å². The van der Waals surface area contributed by atoms with E-state index < -0.39 is 11.4 Å². The summed E-state index contributed by atoms with van der Waals surface area (Å²) >= 11 is 1.38. The predicted octanol–water partition coefficient (Wildman–Crippen LogP) is 4.11. The van der Waals surface area contributed by atoms with Crippen molar-refractivity contribution in [3.05, 3.63) is 48.4 Å². The number of nitrogens with zero attached hydrogens (tertiary/aromatic N) is 5. The summed E-state index contributed by atoms with van der Waals surface area (Å²) in [5, 5.41) is 15.5. The number of carbonyl (C=O) groups is 2. The van der Waals surface area contributed by atoms with Gasteiger partial charge in [0.15, 0.2) is 5.13 Å². The van der Waals surface area contributed by atoms with Crippen LogP contribution in [0.15, 0.2) is 42.9 Å². The Bertz CT molecular complexity index is 1500. The maximum Gasteiger partial charge on any atom is 0.321 e. The number of benzene rings is 1. The molecule has 1 saturated heterocycles. The zero-order valence-corrected chi connectivity index (χ0v) is 22.6. The highest BCUT2D eigenvalue weighted by atomic mass is 32.1. The van der Waals surface area contributed by atoms with Gasteiger partial charge in [-0.1, -0.05) is 17.4 Å². The summed E-state index contributed by atoms with van der Waals surface area (Å²) in [5.41, 5.74) is 10.0. The topological polar surface area (TPSA) is 159 Å². The molecule has 0 spiro atoms. The number of carboxylic acid groups (broad SMARTS) is 1. The van der Waals surface area contributed by atoms with Gasteiger partial charge in [0.05, 0.1) is 21.3 Å². The first kappa shape index (κ1) is 26.4. The number of carbonyl (C=O) groups excluding carboxylic acids is 1. The Labute approximate surface area is 229 Å². The predicted molar refractivity (Wildman–Crippen MR) is 152 cm³/mol. The lowest BCUT2D eigenvalue weighted by Gasteiger charge is -2.36. The molecule has 4 aromatic rings. The zero-order chi connectivity index (χ0) is 27.6. The maximum absolute atomic E-state index is 12.1. The van der Waals surface area contributed by atoms with Crippen molar-refractivity contribution in [3.63, 3.8) is 0 Å². The normalized spacial score (nSPS) is 14.8. The first-order valence-corrected chi connectivity index (χ1v) is 13.6. The lowest BCUT2D eigenvalue weighted by atomic mass is 9.80. The number of nitrogens with two attached hydrogens (primary N) is 1. The summed E-state index contributed by atoms with van der Waals surface area (Å²) in [5.74, 6) is -0.184. The number of hydrogen-bond donors (Lipinski definition) is 4. The van der Waals surface area contributed by atoms with Gasteiger partial charge >= 0.3 is 12.0 Å². The Kier molecular flexibility index (Phi) is 7.40. The van der Waals surface area contributed by atoms with Crippen LogP contribution in [-0.2, 0) is 11.3 Å². The third kappa shape index (κ3) is 5.52. The van der Waals surface area contributed by atoms with Crippen LogP contribution in [0.3, 0.4) is 0 Å². The molecule has 202 valence electrons. The van der Waals surface area contributed by atoms with Crippen LogP contribution in [0.2, 0.25) is 0 Å². The second kappa shape index (κ2) is 10.9. The number of anilines is 2. The summed E-state index contributed by atoms with van der Waals surface area (Å²) in [7, 11) is 0. The summed E-state index contributed by atoms with van der Waals surface area (Å²) in [6, 6.07) is 7.54. The Morgan fingerprint density at radius 3 is 2.46 bits per heavy atom. The molecule has 0 unspecified atom stereocenters. The van der Waals surface area contributed by atoms with E-state index in [0.29, 0.717) is 50.1 Å². The first-order chi connectivity index (χ1) is 18.8. The number of nitrogens with one attached hydrogen (secondary N) is 2. The van der Waals surface area contributed by atoms with Gasteiger partial charge < -0.3 is 21.1 Å². The third-order valence-electron chi connectivity index (χ3n) is 7.02. The molecular formula is C27H30N8O3S. The number of aliphatic carboxylic acids is 1. The fourth-order valence-electron chi connectivity index (χ4n) is 4.50. The van der Waals surface area contributed by atoms with Crippen LogP contribution < -0.4 is 21.3 Å². The van der Waals surface area contributed by atoms with Crippen LogP contribution in [0.5, 0.6) is 0 Å². The van der Waals surface area contributed by atoms with Gasteiger partial charge in [-0.25, -0.2) is 19.7 Å². The number of fused-ring (bicyclic) bond motifs is 1. The van der Waals surface area contributed by atoms with Crippen molar-refractivity contribution in [2.75, 3.05) is 29.9 Å². The molecule has 0 radical (unpaired) electrons. The Hall–Kier alpha value is -4.16. The van der Waals surface area contributed by atoms with Gasteiger partial charge in [-0.05, 0) is 56.0 Å². The fourth-order valence-corrected chi connectivity index (χ4v) is 5.46. The van der Waals surface area contributed by atoms with E-state index in [-0.39, 0.29) is 6.03 Å². The van der Waals surface area contributed by atoms with Crippen molar-refractivity contribution in [2.24, 2.45) is 11.1 Å². The molecule has 0 saturated carbocycles. The van der Waals surface area contributed by atoms with Crippen molar-refractivity contribution in [3.8, 4) is 22.4 Å². The highest BCUT2D eigenvalue weighted by Crippen LogP contribution is 2.38. The lowest BCUT2D eigenvalue weighted by Crippen LogP contribution is -2.43. The fraction of sp³-hybridized carbons (Fsp3) is 0.333. The largest absolute Gasteiger partial charge is 0.481 e. The van der Waals surface area contributed by atoms with Crippen LogP contribution in [0.25, 0.3) is 32.6 Å². The van der Waals surface area contributed by atoms with Gasteiger partial charge in [0.25, 0.3) is 0 Å². The lowest BCUT2D eigenvalue weighted by molar-refractivity contribution is -0.149. The summed E-state index contributed by atoms with van der Waals surface area (Å²) in [6.07, 6.45) is 6.38. The van der Waals surface area contributed by atoms with Gasteiger partial charge in [0.1, 0.15) is 0 Å². The third-order valence-corrected chi connectivity index (χ3v) is 8.04. The van der Waals surface area contributed by atoms with Crippen LogP contribution in [-0.4, -0.2) is 56.7 Å². The summed E-state index contributed by atoms with van der Waals surface area (Å²) in [4.78, 5) is 44.2. The number of pyridine rings is 1. The smallest absolute Gasteiger partial charge is 0.321 e. The molecule has 1 aromatic carbocycles. The number of piperidine rings is 1. The first-order valence-electron chi connectivity index (χ1n) is 12.7. The molecule has 5 rings (SSSR count). The maximum atomic E-state index is 12.1. The molecule has 2 amide bonds.